The van der Waals surface area contributed by atoms with Gasteiger partial charge in [-0.3, -0.25) is 4.90 Å². The summed E-state index contributed by atoms with van der Waals surface area (Å²) in [7, 11) is 1.47. The number of nitrogens with two attached hydrogens (primary N) is 1. The number of hydrogen-bond donors (Lipinski definition) is 2. The van der Waals surface area contributed by atoms with E-state index in [-0.39, 0.29) is 24.9 Å². The maximum atomic E-state index is 12.5. The second-order valence-electron chi connectivity index (χ2n) is 7.05. The Bertz CT molecular complexity index is 813. The Morgan fingerprint density at radius 2 is 1.62 bits per heavy atom. The number of carboxylic acid groups (broad SMARTS) is 1. The number of benzene rings is 2. The smallest absolute Gasteiger partial charge is 0.410 e. The number of likely N-dealkylation sites (N-methyl/N-ethyl adjacent to an activating group) is 1. The molecule has 0 saturated heterocycles. The Morgan fingerprint density at radius 3 is 2.14 bits per heavy atom. The topological polar surface area (TPSA) is 92.9 Å². The summed E-state index contributed by atoms with van der Waals surface area (Å²) in [5.74, 6) is -1.08. The summed E-state index contributed by atoms with van der Waals surface area (Å²) >= 11 is 0. The van der Waals surface area contributed by atoms with Gasteiger partial charge in [-0.2, -0.15) is 0 Å². The maximum Gasteiger partial charge on any atom is 0.410 e. The summed E-state index contributed by atoms with van der Waals surface area (Å²) in [5.41, 5.74) is 10.0. The summed E-state index contributed by atoms with van der Waals surface area (Å²) in [6, 6.07) is 15.3. The van der Waals surface area contributed by atoms with E-state index in [0.29, 0.717) is 19.4 Å². The second kappa shape index (κ2) is 10.3. The number of carbonyl (C=O) groups is 2. The van der Waals surface area contributed by atoms with Crippen LogP contribution in [0, 0.1) is 0 Å². The lowest BCUT2D eigenvalue weighted by molar-refractivity contribution is -0.142. The highest BCUT2D eigenvalue weighted by Crippen LogP contribution is 2.44. The predicted molar refractivity (Wildman–Crippen MR) is 114 cm³/mol. The van der Waals surface area contributed by atoms with E-state index in [1.807, 2.05) is 36.4 Å². The van der Waals surface area contributed by atoms with Crippen molar-refractivity contribution in [2.24, 2.45) is 5.73 Å². The Labute approximate surface area is 177 Å². The molecule has 1 aliphatic carbocycles. The first-order valence-electron chi connectivity index (χ1n) is 9.55. The zero-order valence-electron chi connectivity index (χ0n) is 16.4. The Balaban J connectivity index is 0.00000300. The molecule has 0 unspecified atom stereocenters. The molecule has 0 saturated carbocycles. The highest BCUT2D eigenvalue weighted by atomic mass is 35.5. The molecule has 6 nitrogen and oxygen atoms in total. The third-order valence-electron chi connectivity index (χ3n) is 5.31. The molecule has 2 aromatic rings. The summed E-state index contributed by atoms with van der Waals surface area (Å²) < 4.78 is 5.54. The van der Waals surface area contributed by atoms with Crippen molar-refractivity contribution >= 4 is 24.5 Å². The summed E-state index contributed by atoms with van der Waals surface area (Å²) in [6.07, 6.45) is 1.10. The maximum absolute atomic E-state index is 12.5. The molecule has 7 heteroatoms. The lowest BCUT2D eigenvalue weighted by Gasteiger charge is -2.25. The largest absolute Gasteiger partial charge is 0.480 e. The molecule has 1 aliphatic rings. The van der Waals surface area contributed by atoms with Crippen molar-refractivity contribution in [1.82, 2.24) is 4.90 Å². The highest BCUT2D eigenvalue weighted by molar-refractivity contribution is 5.85. The van der Waals surface area contributed by atoms with Crippen LogP contribution in [0.3, 0.4) is 0 Å². The minimum atomic E-state index is -1.03. The molecule has 0 aromatic heterocycles. The van der Waals surface area contributed by atoms with Crippen LogP contribution in [0.5, 0.6) is 0 Å². The molecular formula is C22H27ClN2O4. The van der Waals surface area contributed by atoms with E-state index in [2.05, 4.69) is 12.1 Å². The molecule has 3 N–H and O–H groups in total. The standard InChI is InChI=1S/C22H26N2O4.ClH/c1-24(20(21(25)26)12-6-7-13-23)22(27)28-14-19-17-10-4-2-8-15(17)16-9-3-5-11-18(16)19;/h2-5,8-11,19-20H,6-7,12-14,23H2,1H3,(H,25,26);1H/t20-;/m0./s1. The number of aliphatic carboxylic acids is 1. The summed E-state index contributed by atoms with van der Waals surface area (Å²) in [4.78, 5) is 25.2. The van der Waals surface area contributed by atoms with Gasteiger partial charge in [-0.15, -0.1) is 12.4 Å². The monoisotopic (exact) mass is 418 g/mol. The molecule has 0 radical (unpaired) electrons. The van der Waals surface area contributed by atoms with Gasteiger partial charge in [0.2, 0.25) is 0 Å². The third-order valence-corrected chi connectivity index (χ3v) is 5.31. The van der Waals surface area contributed by atoms with E-state index in [4.69, 9.17) is 10.5 Å². The number of carbonyl (C=O) groups excluding carboxylic acids is 1. The quantitative estimate of drug-likeness (QED) is 0.635. The average Bonchev–Trinajstić information content (AvgIpc) is 3.02. The van der Waals surface area contributed by atoms with Crippen molar-refractivity contribution in [1.29, 1.82) is 0 Å². The molecule has 0 aliphatic heterocycles. The number of nitrogens with zero attached hydrogens (tertiary/aromatic N) is 1. The van der Waals surface area contributed by atoms with Crippen molar-refractivity contribution in [2.45, 2.75) is 31.2 Å². The Morgan fingerprint density at radius 1 is 1.07 bits per heavy atom. The van der Waals surface area contributed by atoms with Gasteiger partial charge in [-0.25, -0.2) is 9.59 Å². The number of amides is 1. The van der Waals surface area contributed by atoms with Gasteiger partial charge in [0.05, 0.1) is 0 Å². The van der Waals surface area contributed by atoms with E-state index in [9.17, 15) is 14.7 Å². The normalized spacial score (nSPS) is 13.0. The predicted octanol–water partition coefficient (Wildman–Crippen LogP) is 3.87. The lowest BCUT2D eigenvalue weighted by Crippen LogP contribution is -2.43. The van der Waals surface area contributed by atoms with Gasteiger partial charge >= 0.3 is 12.1 Å². The van der Waals surface area contributed by atoms with Crippen molar-refractivity contribution in [2.75, 3.05) is 20.2 Å². The van der Waals surface area contributed by atoms with Crippen LogP contribution < -0.4 is 5.73 Å². The minimum Gasteiger partial charge on any atom is -0.480 e. The number of rotatable bonds is 8. The van der Waals surface area contributed by atoms with E-state index in [0.717, 1.165) is 28.7 Å². The van der Waals surface area contributed by atoms with Gasteiger partial charge in [0.1, 0.15) is 12.6 Å². The van der Waals surface area contributed by atoms with Gasteiger partial charge in [0, 0.05) is 13.0 Å². The zero-order chi connectivity index (χ0) is 20.1. The van der Waals surface area contributed by atoms with Crippen molar-refractivity contribution in [3.05, 3.63) is 59.7 Å². The molecule has 29 heavy (non-hydrogen) atoms. The molecule has 0 heterocycles. The van der Waals surface area contributed by atoms with Crippen LogP contribution in [0.4, 0.5) is 4.79 Å². The number of unbranched alkanes of at least 4 members (excludes halogenated alkanes) is 1. The molecule has 1 amide bonds. The zero-order valence-corrected chi connectivity index (χ0v) is 17.2. The van der Waals surface area contributed by atoms with Crippen LogP contribution in [0.25, 0.3) is 11.1 Å². The summed E-state index contributed by atoms with van der Waals surface area (Å²) in [5, 5.41) is 9.45. The van der Waals surface area contributed by atoms with Crippen molar-refractivity contribution in [3.8, 4) is 11.1 Å². The van der Waals surface area contributed by atoms with Crippen molar-refractivity contribution in [3.63, 3.8) is 0 Å². The van der Waals surface area contributed by atoms with Gasteiger partial charge in [0.15, 0.2) is 0 Å². The van der Waals surface area contributed by atoms with Gasteiger partial charge in [-0.1, -0.05) is 48.5 Å². The second-order valence-corrected chi connectivity index (χ2v) is 7.05. The van der Waals surface area contributed by atoms with Crippen LogP contribution in [-0.2, 0) is 9.53 Å². The molecule has 3 rings (SSSR count). The fourth-order valence-electron chi connectivity index (χ4n) is 3.79. The molecule has 0 spiro atoms. The van der Waals surface area contributed by atoms with Crippen molar-refractivity contribution < 1.29 is 19.4 Å². The van der Waals surface area contributed by atoms with Crippen LogP contribution in [0.15, 0.2) is 48.5 Å². The van der Waals surface area contributed by atoms with Crippen LogP contribution in [0.2, 0.25) is 0 Å². The fourth-order valence-corrected chi connectivity index (χ4v) is 3.79. The molecule has 2 aromatic carbocycles. The molecule has 1 atom stereocenters. The molecular weight excluding hydrogens is 392 g/mol. The van der Waals surface area contributed by atoms with Gasteiger partial charge in [-0.05, 0) is 48.1 Å². The van der Waals surface area contributed by atoms with Gasteiger partial charge < -0.3 is 15.6 Å². The van der Waals surface area contributed by atoms with E-state index in [1.54, 1.807) is 0 Å². The first-order chi connectivity index (χ1) is 13.5. The van der Waals surface area contributed by atoms with E-state index in [1.165, 1.54) is 11.9 Å². The fraction of sp³-hybridized carbons (Fsp3) is 0.364. The summed E-state index contributed by atoms with van der Waals surface area (Å²) in [6.45, 7) is 0.674. The first-order valence-corrected chi connectivity index (χ1v) is 9.55. The highest BCUT2D eigenvalue weighted by Gasteiger charge is 2.31. The van der Waals surface area contributed by atoms with Crippen LogP contribution in [0.1, 0.15) is 36.3 Å². The first kappa shape index (κ1) is 22.7. The number of halogens is 1. The van der Waals surface area contributed by atoms with Crippen LogP contribution >= 0.6 is 12.4 Å². The van der Waals surface area contributed by atoms with Crippen LogP contribution in [-0.4, -0.2) is 48.3 Å². The van der Waals surface area contributed by atoms with E-state index < -0.39 is 18.1 Å². The average molecular weight is 419 g/mol. The third kappa shape index (κ3) is 4.89. The Kier molecular flexibility index (Phi) is 8.05. The number of fused-ring (bicyclic) bond motifs is 3. The number of ether oxygens (including phenoxy) is 1. The number of hydrogen-bond acceptors (Lipinski definition) is 4. The Hall–Kier alpha value is -2.57. The number of carboxylic acids is 1. The molecule has 0 bridgehead atoms. The minimum absolute atomic E-state index is 0. The van der Waals surface area contributed by atoms with Gasteiger partial charge in [0.25, 0.3) is 0 Å². The lowest BCUT2D eigenvalue weighted by atomic mass is 9.98. The SMILES string of the molecule is CN(C(=O)OCC1c2ccccc2-c2ccccc21)[C@@H](CCCCN)C(=O)O.Cl. The molecule has 156 valence electrons. The molecule has 0 fully saturated rings. The van der Waals surface area contributed by atoms with E-state index >= 15 is 0 Å².